The normalized spacial score (nSPS) is 12.1. The lowest BCUT2D eigenvalue weighted by atomic mass is 9.99. The van der Waals surface area contributed by atoms with Crippen molar-refractivity contribution < 1.29 is 5.11 Å². The Morgan fingerprint density at radius 1 is 0.840 bits per heavy atom. The molecule has 0 saturated heterocycles. The van der Waals surface area contributed by atoms with Gasteiger partial charge in [-0.2, -0.15) is 0 Å². The summed E-state index contributed by atoms with van der Waals surface area (Å²) in [6.45, 7) is 0. The molecule has 0 aliphatic carbocycles. The largest absolute Gasteiger partial charge is 0.393 e. The van der Waals surface area contributed by atoms with Crippen molar-refractivity contribution in [2.24, 2.45) is 0 Å². The van der Waals surface area contributed by atoms with Crippen molar-refractivity contribution in [2.45, 2.75) is 31.8 Å². The molecule has 1 aromatic heterocycles. The predicted octanol–water partition coefficient (Wildman–Crippen LogP) is 5.33. The number of hydrogen-bond acceptors (Lipinski definition) is 2. The second-order valence-electron chi connectivity index (χ2n) is 6.30. The minimum atomic E-state index is -0.284. The summed E-state index contributed by atoms with van der Waals surface area (Å²) in [7, 11) is 0. The number of hydrogen-bond donors (Lipinski definition) is 1. The van der Waals surface area contributed by atoms with Crippen LogP contribution in [-0.2, 0) is 12.8 Å². The van der Waals surface area contributed by atoms with E-state index in [0.29, 0.717) is 0 Å². The molecule has 0 unspecified atom stereocenters. The highest BCUT2D eigenvalue weighted by atomic mass is 35.5. The van der Waals surface area contributed by atoms with Gasteiger partial charge in [0, 0.05) is 17.4 Å². The molecule has 1 heterocycles. The molecule has 0 aliphatic rings. The minimum Gasteiger partial charge on any atom is -0.393 e. The standard InChI is InChI=1S/C22H22ClNO/c23-21-5-1-4-20(15-21)19-10-6-17(7-11-19)8-12-22(25)13-9-18-3-2-14-24-16-18/h1-7,10-11,14-16,22,25H,8-9,12-13H2/t22-/m0/s1. The molecular formula is C22H22ClNO. The van der Waals surface area contributed by atoms with Gasteiger partial charge in [0.2, 0.25) is 0 Å². The van der Waals surface area contributed by atoms with Crippen LogP contribution in [0, 0.1) is 0 Å². The molecule has 0 spiro atoms. The van der Waals surface area contributed by atoms with Crippen molar-refractivity contribution >= 4 is 11.6 Å². The monoisotopic (exact) mass is 351 g/mol. The Kier molecular flexibility index (Phi) is 6.21. The summed E-state index contributed by atoms with van der Waals surface area (Å²) in [5.41, 5.74) is 4.69. The number of nitrogens with zero attached hydrogens (tertiary/aromatic N) is 1. The van der Waals surface area contributed by atoms with Gasteiger partial charge in [-0.05, 0) is 66.1 Å². The fourth-order valence-corrected chi connectivity index (χ4v) is 3.08. The van der Waals surface area contributed by atoms with Crippen LogP contribution in [0.3, 0.4) is 0 Å². The zero-order valence-electron chi connectivity index (χ0n) is 14.1. The minimum absolute atomic E-state index is 0.284. The molecule has 0 saturated carbocycles. The van der Waals surface area contributed by atoms with Crippen molar-refractivity contribution in [1.29, 1.82) is 0 Å². The van der Waals surface area contributed by atoms with Crippen LogP contribution in [0.25, 0.3) is 11.1 Å². The van der Waals surface area contributed by atoms with Crippen LogP contribution >= 0.6 is 11.6 Å². The molecule has 2 aromatic carbocycles. The van der Waals surface area contributed by atoms with Crippen LogP contribution in [0.1, 0.15) is 24.0 Å². The number of aryl methyl sites for hydroxylation is 2. The van der Waals surface area contributed by atoms with E-state index in [-0.39, 0.29) is 6.10 Å². The maximum absolute atomic E-state index is 10.2. The summed E-state index contributed by atoms with van der Waals surface area (Å²) >= 11 is 6.05. The molecule has 0 amide bonds. The molecule has 2 nitrogen and oxygen atoms in total. The van der Waals surface area contributed by atoms with Gasteiger partial charge in [0.1, 0.15) is 0 Å². The Balaban J connectivity index is 1.50. The molecule has 0 aliphatic heterocycles. The van der Waals surface area contributed by atoms with Crippen molar-refractivity contribution in [3.8, 4) is 11.1 Å². The van der Waals surface area contributed by atoms with Gasteiger partial charge in [-0.15, -0.1) is 0 Å². The van der Waals surface area contributed by atoms with Crippen molar-refractivity contribution in [3.63, 3.8) is 0 Å². The predicted molar refractivity (Wildman–Crippen MR) is 104 cm³/mol. The van der Waals surface area contributed by atoms with E-state index >= 15 is 0 Å². The van der Waals surface area contributed by atoms with Crippen molar-refractivity contribution in [1.82, 2.24) is 4.98 Å². The van der Waals surface area contributed by atoms with Crippen LogP contribution in [0.2, 0.25) is 5.02 Å². The molecule has 1 atom stereocenters. The van der Waals surface area contributed by atoms with Gasteiger partial charge in [-0.25, -0.2) is 0 Å². The summed E-state index contributed by atoms with van der Waals surface area (Å²) in [6.07, 6.45) is 6.64. The first-order valence-electron chi connectivity index (χ1n) is 8.62. The molecular weight excluding hydrogens is 330 g/mol. The second-order valence-corrected chi connectivity index (χ2v) is 6.74. The number of aliphatic hydroxyl groups excluding tert-OH is 1. The summed E-state index contributed by atoms with van der Waals surface area (Å²) in [4.78, 5) is 4.10. The van der Waals surface area contributed by atoms with E-state index in [2.05, 4.69) is 35.3 Å². The molecule has 3 rings (SSSR count). The lowest BCUT2D eigenvalue weighted by molar-refractivity contribution is 0.155. The average molecular weight is 352 g/mol. The van der Waals surface area contributed by atoms with E-state index in [4.69, 9.17) is 11.6 Å². The van der Waals surface area contributed by atoms with Crippen molar-refractivity contribution in [2.75, 3.05) is 0 Å². The molecule has 128 valence electrons. The fraction of sp³-hybridized carbons (Fsp3) is 0.227. The summed E-state index contributed by atoms with van der Waals surface area (Å²) in [5.74, 6) is 0. The molecule has 1 N–H and O–H groups in total. The number of aliphatic hydroxyl groups is 1. The van der Waals surface area contributed by atoms with Gasteiger partial charge >= 0.3 is 0 Å². The van der Waals surface area contributed by atoms with E-state index in [1.165, 1.54) is 11.1 Å². The molecule has 0 bridgehead atoms. The van der Waals surface area contributed by atoms with Gasteiger partial charge < -0.3 is 5.11 Å². The third-order valence-electron chi connectivity index (χ3n) is 4.37. The second kappa shape index (κ2) is 8.80. The van der Waals surface area contributed by atoms with E-state index < -0.39 is 0 Å². The Morgan fingerprint density at radius 2 is 1.60 bits per heavy atom. The Bertz CT molecular complexity index is 787. The van der Waals surface area contributed by atoms with Crippen LogP contribution < -0.4 is 0 Å². The van der Waals surface area contributed by atoms with Gasteiger partial charge in [-0.1, -0.05) is 54.1 Å². The lowest BCUT2D eigenvalue weighted by Crippen LogP contribution is -2.09. The summed E-state index contributed by atoms with van der Waals surface area (Å²) < 4.78 is 0. The van der Waals surface area contributed by atoms with Crippen LogP contribution in [0.5, 0.6) is 0 Å². The third-order valence-corrected chi connectivity index (χ3v) is 4.60. The summed E-state index contributed by atoms with van der Waals surface area (Å²) in [5, 5.41) is 10.9. The van der Waals surface area contributed by atoms with E-state index in [0.717, 1.165) is 41.8 Å². The molecule has 3 aromatic rings. The zero-order valence-corrected chi connectivity index (χ0v) is 14.9. The highest BCUT2D eigenvalue weighted by Crippen LogP contribution is 2.23. The molecule has 3 heteroatoms. The Hall–Kier alpha value is -2.16. The summed E-state index contributed by atoms with van der Waals surface area (Å²) in [6, 6.07) is 20.3. The SMILES string of the molecule is O[C@@H](CCc1ccc(-c2cccc(Cl)c2)cc1)CCc1cccnc1. The number of pyridine rings is 1. The highest BCUT2D eigenvalue weighted by molar-refractivity contribution is 6.30. The maximum atomic E-state index is 10.2. The number of rotatable bonds is 7. The van der Waals surface area contributed by atoms with Gasteiger partial charge in [0.15, 0.2) is 0 Å². The Morgan fingerprint density at radius 3 is 2.28 bits per heavy atom. The number of aromatic nitrogens is 1. The first kappa shape index (κ1) is 17.7. The smallest absolute Gasteiger partial charge is 0.0546 e. The number of benzene rings is 2. The first-order valence-corrected chi connectivity index (χ1v) is 9.00. The Labute approximate surface area is 154 Å². The average Bonchev–Trinajstić information content (AvgIpc) is 2.66. The molecule has 0 radical (unpaired) electrons. The van der Waals surface area contributed by atoms with Crippen LogP contribution in [0.4, 0.5) is 0 Å². The van der Waals surface area contributed by atoms with E-state index in [1.807, 2.05) is 36.5 Å². The van der Waals surface area contributed by atoms with E-state index in [9.17, 15) is 5.11 Å². The number of halogens is 1. The fourth-order valence-electron chi connectivity index (χ4n) is 2.89. The quantitative estimate of drug-likeness (QED) is 0.624. The van der Waals surface area contributed by atoms with Crippen molar-refractivity contribution in [3.05, 3.63) is 89.2 Å². The van der Waals surface area contributed by atoms with Crippen LogP contribution in [-0.4, -0.2) is 16.2 Å². The zero-order chi connectivity index (χ0) is 17.5. The topological polar surface area (TPSA) is 33.1 Å². The third kappa shape index (κ3) is 5.42. The van der Waals surface area contributed by atoms with E-state index in [1.54, 1.807) is 6.20 Å². The maximum Gasteiger partial charge on any atom is 0.0546 e. The highest BCUT2D eigenvalue weighted by Gasteiger charge is 2.06. The first-order chi connectivity index (χ1) is 12.2. The van der Waals surface area contributed by atoms with Crippen LogP contribution in [0.15, 0.2) is 73.1 Å². The molecule has 0 fully saturated rings. The molecule has 25 heavy (non-hydrogen) atoms. The lowest BCUT2D eigenvalue weighted by Gasteiger charge is -2.11. The van der Waals surface area contributed by atoms with Gasteiger partial charge in [-0.3, -0.25) is 4.98 Å². The van der Waals surface area contributed by atoms with Gasteiger partial charge in [0.25, 0.3) is 0 Å². The van der Waals surface area contributed by atoms with Gasteiger partial charge in [0.05, 0.1) is 6.10 Å².